The summed E-state index contributed by atoms with van der Waals surface area (Å²) < 4.78 is 0. The second kappa shape index (κ2) is 24.0. The zero-order valence-electron chi connectivity index (χ0n) is 25.7. The van der Waals surface area contributed by atoms with E-state index in [1.807, 2.05) is 20.8 Å². The number of carbonyl (C=O) groups is 3. The SMILES string of the molecule is CC(C)(C)C(=O)CN(CCCNC(=O)CN(CCCN)CCCN)CCCNC(=O)CN(CCCN)CCCN. The Bertz CT molecular complexity index is 616. The number of nitrogens with one attached hydrogen (secondary N) is 2. The van der Waals surface area contributed by atoms with Gasteiger partial charge in [0.15, 0.2) is 5.78 Å². The van der Waals surface area contributed by atoms with Crippen LogP contribution in [0.2, 0.25) is 0 Å². The molecule has 0 radical (unpaired) electrons. The molecule has 236 valence electrons. The lowest BCUT2D eigenvalue weighted by Gasteiger charge is -2.26. The minimum atomic E-state index is -0.423. The number of Topliss-reactive ketones (excluding diaryl/α,β-unsaturated/α-hetero) is 1. The molecule has 0 saturated carbocycles. The summed E-state index contributed by atoms with van der Waals surface area (Å²) in [4.78, 5) is 43.9. The van der Waals surface area contributed by atoms with Crippen molar-refractivity contribution in [1.82, 2.24) is 25.3 Å². The average molecular weight is 572 g/mol. The third-order valence-electron chi connectivity index (χ3n) is 6.60. The van der Waals surface area contributed by atoms with Crippen LogP contribution in [-0.2, 0) is 14.4 Å². The van der Waals surface area contributed by atoms with Crippen molar-refractivity contribution in [1.29, 1.82) is 0 Å². The number of nitrogens with zero attached hydrogens (tertiary/aromatic N) is 3. The number of nitrogens with two attached hydrogens (primary N) is 4. The first-order valence-electron chi connectivity index (χ1n) is 15.1. The van der Waals surface area contributed by atoms with Crippen LogP contribution >= 0.6 is 0 Å². The van der Waals surface area contributed by atoms with Crippen molar-refractivity contribution in [2.45, 2.75) is 59.3 Å². The Morgan fingerprint density at radius 3 is 1.12 bits per heavy atom. The van der Waals surface area contributed by atoms with Gasteiger partial charge in [0, 0.05) is 31.6 Å². The van der Waals surface area contributed by atoms with E-state index in [2.05, 4.69) is 25.3 Å². The third kappa shape index (κ3) is 21.1. The van der Waals surface area contributed by atoms with Gasteiger partial charge in [0.1, 0.15) is 0 Å². The topological polar surface area (TPSA) is 189 Å². The molecule has 10 N–H and O–H groups in total. The lowest BCUT2D eigenvalue weighted by molar-refractivity contribution is -0.127. The fraction of sp³-hybridized carbons (Fsp3) is 0.893. The minimum absolute atomic E-state index is 0.0129. The number of hydrogen-bond donors (Lipinski definition) is 6. The second-order valence-corrected chi connectivity index (χ2v) is 11.5. The minimum Gasteiger partial charge on any atom is -0.355 e. The predicted octanol–water partition coefficient (Wildman–Crippen LogP) is -1.08. The summed E-state index contributed by atoms with van der Waals surface area (Å²) in [6, 6.07) is 0. The van der Waals surface area contributed by atoms with Gasteiger partial charge in [-0.15, -0.1) is 0 Å². The van der Waals surface area contributed by atoms with E-state index in [0.29, 0.717) is 72.0 Å². The molecule has 0 atom stereocenters. The average Bonchev–Trinajstić information content (AvgIpc) is 2.91. The number of ketones is 1. The number of hydrogen-bond acceptors (Lipinski definition) is 10. The van der Waals surface area contributed by atoms with E-state index in [0.717, 1.165) is 64.7 Å². The fourth-order valence-corrected chi connectivity index (χ4v) is 4.09. The van der Waals surface area contributed by atoms with Gasteiger partial charge in [-0.2, -0.15) is 0 Å². The van der Waals surface area contributed by atoms with Crippen LogP contribution in [0.5, 0.6) is 0 Å². The summed E-state index contributed by atoms with van der Waals surface area (Å²) in [6.07, 6.45) is 4.84. The van der Waals surface area contributed by atoms with Crippen molar-refractivity contribution < 1.29 is 14.4 Å². The van der Waals surface area contributed by atoms with Gasteiger partial charge in [-0.05, 0) is 90.9 Å². The Morgan fingerprint density at radius 2 is 0.825 bits per heavy atom. The summed E-state index contributed by atoms with van der Waals surface area (Å²) in [7, 11) is 0. The van der Waals surface area contributed by atoms with Gasteiger partial charge in [0.25, 0.3) is 0 Å². The monoisotopic (exact) mass is 571 g/mol. The van der Waals surface area contributed by atoms with Gasteiger partial charge in [0.05, 0.1) is 19.6 Å². The quantitative estimate of drug-likeness (QED) is 0.0696. The first kappa shape index (κ1) is 38.3. The summed E-state index contributed by atoms with van der Waals surface area (Å²) in [5, 5.41) is 6.00. The zero-order chi connectivity index (χ0) is 30.2. The third-order valence-corrected chi connectivity index (χ3v) is 6.60. The summed E-state index contributed by atoms with van der Waals surface area (Å²) in [5.74, 6) is 0.147. The lowest BCUT2D eigenvalue weighted by atomic mass is 9.90. The Hall–Kier alpha value is -1.67. The highest BCUT2D eigenvalue weighted by Crippen LogP contribution is 2.15. The van der Waals surface area contributed by atoms with Crippen LogP contribution in [0.1, 0.15) is 59.3 Å². The zero-order valence-corrected chi connectivity index (χ0v) is 25.7. The van der Waals surface area contributed by atoms with E-state index in [4.69, 9.17) is 22.9 Å². The van der Waals surface area contributed by atoms with Crippen molar-refractivity contribution in [2.75, 3.05) is 98.2 Å². The van der Waals surface area contributed by atoms with Crippen LogP contribution in [0.3, 0.4) is 0 Å². The molecule has 0 unspecified atom stereocenters. The molecule has 0 spiro atoms. The molecule has 0 aromatic carbocycles. The smallest absolute Gasteiger partial charge is 0.234 e. The normalized spacial score (nSPS) is 11.9. The molecule has 0 heterocycles. The van der Waals surface area contributed by atoms with Gasteiger partial charge in [-0.3, -0.25) is 29.1 Å². The Labute approximate surface area is 243 Å². The van der Waals surface area contributed by atoms with E-state index in [9.17, 15) is 14.4 Å². The molecular weight excluding hydrogens is 510 g/mol. The van der Waals surface area contributed by atoms with Gasteiger partial charge >= 0.3 is 0 Å². The van der Waals surface area contributed by atoms with Crippen LogP contribution in [0.15, 0.2) is 0 Å². The molecule has 0 aliphatic heterocycles. The largest absolute Gasteiger partial charge is 0.355 e. The molecule has 0 saturated heterocycles. The standard InChI is InChI=1S/C28H61N9O3/c1-28(2,3)25(38)22-35(20-8-14-33-26(39)23-36(16-4-10-29)17-5-11-30)21-9-15-34-27(40)24-37(18-6-12-31)19-7-13-32/h4-24,29-32H2,1-3H3,(H,33,39)(H,34,40). The Balaban J connectivity index is 4.65. The van der Waals surface area contributed by atoms with Crippen molar-refractivity contribution in [3.05, 3.63) is 0 Å². The van der Waals surface area contributed by atoms with Crippen LogP contribution in [-0.4, -0.2) is 130 Å². The Morgan fingerprint density at radius 1 is 0.525 bits per heavy atom. The molecule has 0 aromatic rings. The maximum atomic E-state index is 12.7. The number of amides is 2. The number of carbonyl (C=O) groups excluding carboxylic acids is 3. The molecule has 2 amide bonds. The molecule has 12 nitrogen and oxygen atoms in total. The fourth-order valence-electron chi connectivity index (χ4n) is 4.09. The van der Waals surface area contributed by atoms with Crippen LogP contribution < -0.4 is 33.6 Å². The van der Waals surface area contributed by atoms with E-state index in [-0.39, 0.29) is 17.6 Å². The van der Waals surface area contributed by atoms with Crippen molar-refractivity contribution in [3.63, 3.8) is 0 Å². The summed E-state index contributed by atoms with van der Waals surface area (Å²) in [5.41, 5.74) is 22.1. The highest BCUT2D eigenvalue weighted by molar-refractivity contribution is 5.85. The first-order chi connectivity index (χ1) is 19.1. The summed E-state index contributed by atoms with van der Waals surface area (Å²) in [6.45, 7) is 14.7. The molecule has 40 heavy (non-hydrogen) atoms. The van der Waals surface area contributed by atoms with Crippen molar-refractivity contribution >= 4 is 17.6 Å². The maximum absolute atomic E-state index is 12.7. The van der Waals surface area contributed by atoms with Crippen LogP contribution in [0.25, 0.3) is 0 Å². The van der Waals surface area contributed by atoms with Gasteiger partial charge < -0.3 is 33.6 Å². The molecule has 12 heteroatoms. The van der Waals surface area contributed by atoms with Crippen molar-refractivity contribution in [3.8, 4) is 0 Å². The first-order valence-corrected chi connectivity index (χ1v) is 15.1. The van der Waals surface area contributed by atoms with E-state index in [1.54, 1.807) is 0 Å². The highest BCUT2D eigenvalue weighted by atomic mass is 16.2. The lowest BCUT2D eigenvalue weighted by Crippen LogP contribution is -2.42. The molecule has 0 fully saturated rings. The predicted molar refractivity (Wildman–Crippen MR) is 164 cm³/mol. The van der Waals surface area contributed by atoms with Gasteiger partial charge in [-0.25, -0.2) is 0 Å². The van der Waals surface area contributed by atoms with Crippen LogP contribution in [0, 0.1) is 5.41 Å². The second-order valence-electron chi connectivity index (χ2n) is 11.5. The molecule has 0 aliphatic rings. The molecule has 0 bridgehead atoms. The summed E-state index contributed by atoms with van der Waals surface area (Å²) >= 11 is 0. The highest BCUT2D eigenvalue weighted by Gasteiger charge is 2.23. The van der Waals surface area contributed by atoms with E-state index < -0.39 is 5.41 Å². The van der Waals surface area contributed by atoms with Gasteiger partial charge in [-0.1, -0.05) is 20.8 Å². The molecule has 0 aliphatic carbocycles. The number of rotatable bonds is 26. The van der Waals surface area contributed by atoms with Crippen LogP contribution in [0.4, 0.5) is 0 Å². The van der Waals surface area contributed by atoms with Crippen molar-refractivity contribution in [2.24, 2.45) is 28.3 Å². The molecular formula is C28H61N9O3. The Kier molecular flexibility index (Phi) is 23.0. The maximum Gasteiger partial charge on any atom is 0.234 e. The van der Waals surface area contributed by atoms with E-state index >= 15 is 0 Å². The molecule has 0 rings (SSSR count). The van der Waals surface area contributed by atoms with Gasteiger partial charge in [0.2, 0.25) is 11.8 Å². The molecule has 0 aromatic heterocycles. The van der Waals surface area contributed by atoms with E-state index in [1.165, 1.54) is 0 Å².